The second-order valence-electron chi connectivity index (χ2n) is 5.06. The Kier molecular flexibility index (Phi) is 8.87. The Morgan fingerprint density at radius 2 is 2.00 bits per heavy atom. The Labute approximate surface area is 132 Å². The molecule has 5 heteroatoms. The number of carbonyl (C=O) groups is 1. The smallest absolute Gasteiger partial charge is 0.226 e. The van der Waals surface area contributed by atoms with Crippen molar-refractivity contribution in [3.8, 4) is 0 Å². The number of halogens is 1. The third-order valence-corrected chi connectivity index (χ3v) is 3.45. The average Bonchev–Trinajstić information content (AvgIpc) is 2.45. The number of rotatable bonds is 10. The Hall–Kier alpha value is -1.26. The molecule has 0 saturated heterocycles. The lowest BCUT2D eigenvalue weighted by atomic mass is 10.2. The molecule has 21 heavy (non-hydrogen) atoms. The first-order valence-electron chi connectivity index (χ1n) is 7.56. The van der Waals surface area contributed by atoms with E-state index in [0.717, 1.165) is 13.0 Å². The number of anilines is 2. The molecule has 0 aliphatic carbocycles. The summed E-state index contributed by atoms with van der Waals surface area (Å²) >= 11 is 5.99. The number of nitrogens with two attached hydrogens (primary N) is 1. The van der Waals surface area contributed by atoms with Crippen molar-refractivity contribution in [1.82, 2.24) is 0 Å². The van der Waals surface area contributed by atoms with Gasteiger partial charge in [-0.05, 0) is 24.6 Å². The van der Waals surface area contributed by atoms with E-state index in [-0.39, 0.29) is 5.91 Å². The zero-order chi connectivity index (χ0) is 15.5. The van der Waals surface area contributed by atoms with E-state index < -0.39 is 0 Å². The van der Waals surface area contributed by atoms with Crippen LogP contribution in [0.25, 0.3) is 0 Å². The van der Waals surface area contributed by atoms with Gasteiger partial charge in [0.2, 0.25) is 5.91 Å². The second-order valence-corrected chi connectivity index (χ2v) is 5.47. The van der Waals surface area contributed by atoms with Crippen LogP contribution in [0.2, 0.25) is 5.02 Å². The molecular weight excluding hydrogens is 288 g/mol. The van der Waals surface area contributed by atoms with Crippen LogP contribution >= 0.6 is 11.6 Å². The summed E-state index contributed by atoms with van der Waals surface area (Å²) < 4.78 is 5.46. The van der Waals surface area contributed by atoms with E-state index in [4.69, 9.17) is 22.1 Å². The monoisotopic (exact) mass is 312 g/mol. The molecule has 1 aromatic carbocycles. The molecule has 0 spiro atoms. The summed E-state index contributed by atoms with van der Waals surface area (Å²) in [6.45, 7) is 3.36. The van der Waals surface area contributed by atoms with Crippen LogP contribution in [0.1, 0.15) is 45.4 Å². The summed E-state index contributed by atoms with van der Waals surface area (Å²) in [5.41, 5.74) is 6.75. The van der Waals surface area contributed by atoms with Crippen molar-refractivity contribution in [3.63, 3.8) is 0 Å². The fourth-order valence-electron chi connectivity index (χ4n) is 1.92. The zero-order valence-electron chi connectivity index (χ0n) is 12.7. The van der Waals surface area contributed by atoms with Crippen molar-refractivity contribution in [2.45, 2.75) is 45.4 Å². The van der Waals surface area contributed by atoms with Gasteiger partial charge in [0.1, 0.15) is 0 Å². The molecule has 1 amide bonds. The quantitative estimate of drug-likeness (QED) is 0.502. The molecule has 0 atom stereocenters. The first-order chi connectivity index (χ1) is 10.1. The van der Waals surface area contributed by atoms with Crippen LogP contribution in [-0.4, -0.2) is 19.1 Å². The van der Waals surface area contributed by atoms with Crippen molar-refractivity contribution in [1.29, 1.82) is 0 Å². The van der Waals surface area contributed by atoms with Crippen molar-refractivity contribution < 1.29 is 9.53 Å². The lowest BCUT2D eigenvalue weighted by Crippen LogP contribution is -2.14. The van der Waals surface area contributed by atoms with Crippen LogP contribution in [0, 0.1) is 0 Å². The average molecular weight is 313 g/mol. The molecule has 3 N–H and O–H groups in total. The van der Waals surface area contributed by atoms with Crippen LogP contribution in [0.15, 0.2) is 18.2 Å². The molecule has 0 fully saturated rings. The number of carbonyl (C=O) groups excluding carboxylic acids is 1. The number of nitrogen functional groups attached to an aromatic ring is 1. The van der Waals surface area contributed by atoms with E-state index in [1.54, 1.807) is 18.2 Å². The van der Waals surface area contributed by atoms with Gasteiger partial charge < -0.3 is 15.8 Å². The van der Waals surface area contributed by atoms with Gasteiger partial charge in [0.25, 0.3) is 0 Å². The summed E-state index contributed by atoms with van der Waals surface area (Å²) in [6, 6.07) is 5.02. The zero-order valence-corrected chi connectivity index (χ0v) is 13.4. The SMILES string of the molecule is CCCCCCCOCCC(=O)Nc1ccc(N)cc1Cl. The minimum absolute atomic E-state index is 0.104. The minimum Gasteiger partial charge on any atom is -0.399 e. The highest BCUT2D eigenvalue weighted by Crippen LogP contribution is 2.24. The van der Waals surface area contributed by atoms with Crippen LogP contribution in [-0.2, 0) is 9.53 Å². The van der Waals surface area contributed by atoms with E-state index in [1.165, 1.54) is 25.7 Å². The van der Waals surface area contributed by atoms with Gasteiger partial charge in [-0.25, -0.2) is 0 Å². The number of ether oxygens (including phenoxy) is 1. The molecule has 0 radical (unpaired) electrons. The van der Waals surface area contributed by atoms with Crippen LogP contribution in [0.3, 0.4) is 0 Å². The molecule has 0 aliphatic rings. The molecular formula is C16H25ClN2O2. The topological polar surface area (TPSA) is 64.3 Å². The molecule has 1 aromatic rings. The van der Waals surface area contributed by atoms with Crippen LogP contribution < -0.4 is 11.1 Å². The lowest BCUT2D eigenvalue weighted by molar-refractivity contribution is -0.117. The fraction of sp³-hybridized carbons (Fsp3) is 0.562. The Balaban J connectivity index is 2.11. The van der Waals surface area contributed by atoms with Crippen molar-refractivity contribution in [3.05, 3.63) is 23.2 Å². The Bertz CT molecular complexity index is 438. The summed E-state index contributed by atoms with van der Waals surface area (Å²) in [4.78, 5) is 11.7. The number of hydrogen-bond donors (Lipinski definition) is 2. The standard InChI is InChI=1S/C16H25ClN2O2/c1-2-3-4-5-6-10-21-11-9-16(20)19-15-8-7-13(18)12-14(15)17/h7-8,12H,2-6,9-11,18H2,1H3,(H,19,20). The van der Waals surface area contributed by atoms with Gasteiger partial charge in [-0.3, -0.25) is 4.79 Å². The maximum atomic E-state index is 11.7. The molecule has 0 bridgehead atoms. The summed E-state index contributed by atoms with van der Waals surface area (Å²) in [5.74, 6) is -0.104. The highest BCUT2D eigenvalue weighted by atomic mass is 35.5. The molecule has 0 aliphatic heterocycles. The van der Waals surface area contributed by atoms with Gasteiger partial charge in [-0.2, -0.15) is 0 Å². The van der Waals surface area contributed by atoms with Gasteiger partial charge >= 0.3 is 0 Å². The highest BCUT2D eigenvalue weighted by Gasteiger charge is 2.06. The summed E-state index contributed by atoms with van der Waals surface area (Å²) in [7, 11) is 0. The van der Waals surface area contributed by atoms with Crippen LogP contribution in [0.4, 0.5) is 11.4 Å². The molecule has 0 aromatic heterocycles. The maximum Gasteiger partial charge on any atom is 0.226 e. The second kappa shape index (κ2) is 10.5. The number of hydrogen-bond acceptors (Lipinski definition) is 3. The van der Waals surface area contributed by atoms with E-state index in [0.29, 0.717) is 29.4 Å². The Morgan fingerprint density at radius 3 is 2.71 bits per heavy atom. The fourth-order valence-corrected chi connectivity index (χ4v) is 2.16. The largest absolute Gasteiger partial charge is 0.399 e. The highest BCUT2D eigenvalue weighted by molar-refractivity contribution is 6.34. The Morgan fingerprint density at radius 1 is 1.24 bits per heavy atom. The molecule has 0 saturated carbocycles. The maximum absolute atomic E-state index is 11.7. The van der Waals surface area contributed by atoms with E-state index in [1.807, 2.05) is 0 Å². The minimum atomic E-state index is -0.104. The summed E-state index contributed by atoms with van der Waals surface area (Å²) in [6.07, 6.45) is 6.37. The molecule has 118 valence electrons. The molecule has 1 rings (SSSR count). The lowest BCUT2D eigenvalue weighted by Gasteiger charge is -2.08. The van der Waals surface area contributed by atoms with Gasteiger partial charge in [-0.1, -0.05) is 44.2 Å². The van der Waals surface area contributed by atoms with Crippen molar-refractivity contribution >= 4 is 28.9 Å². The number of amides is 1. The predicted octanol–water partition coefficient (Wildman–Crippen LogP) is 4.24. The van der Waals surface area contributed by atoms with Crippen molar-refractivity contribution in [2.75, 3.05) is 24.3 Å². The van der Waals surface area contributed by atoms with Crippen molar-refractivity contribution in [2.24, 2.45) is 0 Å². The molecule has 0 unspecified atom stereocenters. The van der Waals surface area contributed by atoms with E-state index >= 15 is 0 Å². The molecule has 0 heterocycles. The first-order valence-corrected chi connectivity index (χ1v) is 7.94. The molecule has 4 nitrogen and oxygen atoms in total. The normalized spacial score (nSPS) is 10.6. The number of benzene rings is 1. The number of unbranched alkanes of at least 4 members (excludes halogenated alkanes) is 4. The third-order valence-electron chi connectivity index (χ3n) is 3.13. The third kappa shape index (κ3) is 7.93. The first kappa shape index (κ1) is 17.8. The van der Waals surface area contributed by atoms with Gasteiger partial charge in [0.05, 0.1) is 23.7 Å². The summed E-state index contributed by atoms with van der Waals surface area (Å²) in [5, 5.41) is 3.19. The van der Waals surface area contributed by atoms with Gasteiger partial charge in [-0.15, -0.1) is 0 Å². The predicted molar refractivity (Wildman–Crippen MR) is 88.7 cm³/mol. The van der Waals surface area contributed by atoms with E-state index in [9.17, 15) is 4.79 Å². The van der Waals surface area contributed by atoms with E-state index in [2.05, 4.69) is 12.2 Å². The van der Waals surface area contributed by atoms with Gasteiger partial charge in [0.15, 0.2) is 0 Å². The van der Waals surface area contributed by atoms with Gasteiger partial charge in [0, 0.05) is 12.3 Å². The van der Waals surface area contributed by atoms with Crippen LogP contribution in [0.5, 0.6) is 0 Å². The number of nitrogens with one attached hydrogen (secondary N) is 1.